The number of hydrogen-bond acceptors (Lipinski definition) is 1. The fraction of sp³-hybridized carbons (Fsp3) is 0. The molecule has 1 aromatic carbocycles. The Morgan fingerprint density at radius 2 is 1.83 bits per heavy atom. The van der Waals surface area contributed by atoms with E-state index in [1.165, 1.54) is 0 Å². The van der Waals surface area contributed by atoms with E-state index in [1.807, 2.05) is 12.1 Å². The van der Waals surface area contributed by atoms with E-state index < -0.39 is 6.09 Å². The van der Waals surface area contributed by atoms with E-state index in [4.69, 9.17) is 5.11 Å². The Hall–Kier alpha value is 0.856. The average molecular weight is 302 g/mol. The first-order chi connectivity index (χ1) is 5.18. The molecule has 12 heavy (non-hydrogen) atoms. The summed E-state index contributed by atoms with van der Waals surface area (Å²) in [6.07, 6.45) is -1.04. The van der Waals surface area contributed by atoms with E-state index in [0.29, 0.717) is 5.69 Å². The predicted octanol–water partition coefficient (Wildman–Crippen LogP) is -0.615. The number of nitrogens with one attached hydrogen (secondary N) is 1. The van der Waals surface area contributed by atoms with Gasteiger partial charge in [-0.15, -0.1) is 0 Å². The maximum Gasteiger partial charge on any atom is 1.00 e. The SMILES string of the molecule is O=C(O)Nc1ccc(I)cc1.[K+]. The van der Waals surface area contributed by atoms with Crippen molar-refractivity contribution >= 4 is 34.4 Å². The van der Waals surface area contributed by atoms with Crippen LogP contribution in [0.25, 0.3) is 0 Å². The second kappa shape index (κ2) is 6.33. The van der Waals surface area contributed by atoms with Gasteiger partial charge in [-0.25, -0.2) is 4.79 Å². The summed E-state index contributed by atoms with van der Waals surface area (Å²) in [5.74, 6) is 0. The number of carboxylic acid groups (broad SMARTS) is 1. The standard InChI is InChI=1S/C7H6INO2.K/c8-5-1-3-6(4-2-5)9-7(10)11;/h1-4,9H,(H,10,11);/q;+1. The van der Waals surface area contributed by atoms with E-state index in [0.717, 1.165) is 3.57 Å². The van der Waals surface area contributed by atoms with Crippen LogP contribution >= 0.6 is 22.6 Å². The van der Waals surface area contributed by atoms with Gasteiger partial charge in [-0.2, -0.15) is 0 Å². The van der Waals surface area contributed by atoms with Gasteiger partial charge in [0.1, 0.15) is 0 Å². The van der Waals surface area contributed by atoms with Crippen LogP contribution in [0.1, 0.15) is 0 Å². The van der Waals surface area contributed by atoms with Crippen LogP contribution in [-0.4, -0.2) is 11.2 Å². The third-order valence-corrected chi connectivity index (χ3v) is 1.81. The molecule has 0 aromatic heterocycles. The first kappa shape index (κ1) is 12.9. The summed E-state index contributed by atoms with van der Waals surface area (Å²) in [6, 6.07) is 7.11. The number of amides is 1. The summed E-state index contributed by atoms with van der Waals surface area (Å²) in [4.78, 5) is 10.1. The van der Waals surface area contributed by atoms with Gasteiger partial charge in [-0.05, 0) is 46.9 Å². The quantitative estimate of drug-likeness (QED) is 0.537. The summed E-state index contributed by atoms with van der Waals surface area (Å²) in [5, 5.41) is 10.6. The van der Waals surface area contributed by atoms with Crippen LogP contribution in [0.3, 0.4) is 0 Å². The van der Waals surface area contributed by atoms with Crippen molar-refractivity contribution in [3.63, 3.8) is 0 Å². The molecule has 5 heteroatoms. The molecule has 0 aliphatic carbocycles. The van der Waals surface area contributed by atoms with Gasteiger partial charge in [0.05, 0.1) is 0 Å². The Bertz CT molecular complexity index is 263. The van der Waals surface area contributed by atoms with Crippen molar-refractivity contribution < 1.29 is 61.3 Å². The second-order valence-corrected chi connectivity index (χ2v) is 3.18. The molecule has 0 atom stereocenters. The molecule has 0 bridgehead atoms. The molecule has 1 rings (SSSR count). The first-order valence-corrected chi connectivity index (χ1v) is 4.02. The van der Waals surface area contributed by atoms with E-state index in [-0.39, 0.29) is 51.4 Å². The number of anilines is 1. The van der Waals surface area contributed by atoms with Gasteiger partial charge in [0.2, 0.25) is 0 Å². The first-order valence-electron chi connectivity index (χ1n) is 2.94. The Morgan fingerprint density at radius 1 is 1.33 bits per heavy atom. The summed E-state index contributed by atoms with van der Waals surface area (Å²) in [5.41, 5.74) is 0.595. The van der Waals surface area contributed by atoms with E-state index >= 15 is 0 Å². The third kappa shape index (κ3) is 4.78. The van der Waals surface area contributed by atoms with Crippen LogP contribution in [0.5, 0.6) is 0 Å². The van der Waals surface area contributed by atoms with Gasteiger partial charge in [-0.3, -0.25) is 5.32 Å². The molecule has 0 aliphatic heterocycles. The van der Waals surface area contributed by atoms with Crippen molar-refractivity contribution in [1.82, 2.24) is 0 Å². The summed E-state index contributed by atoms with van der Waals surface area (Å²) in [7, 11) is 0. The minimum Gasteiger partial charge on any atom is -0.465 e. The molecule has 1 amide bonds. The van der Waals surface area contributed by atoms with Crippen LogP contribution < -0.4 is 56.7 Å². The number of benzene rings is 1. The van der Waals surface area contributed by atoms with Crippen molar-refractivity contribution in [2.75, 3.05) is 5.32 Å². The molecule has 1 aromatic rings. The van der Waals surface area contributed by atoms with Gasteiger partial charge in [0, 0.05) is 9.26 Å². The number of rotatable bonds is 1. The maximum absolute atomic E-state index is 10.1. The van der Waals surface area contributed by atoms with Crippen molar-refractivity contribution in [3.05, 3.63) is 27.8 Å². The topological polar surface area (TPSA) is 49.3 Å². The van der Waals surface area contributed by atoms with Crippen LogP contribution in [-0.2, 0) is 0 Å². The van der Waals surface area contributed by atoms with Crippen molar-refractivity contribution in [2.24, 2.45) is 0 Å². The molecule has 0 saturated heterocycles. The molecular weight excluding hydrogens is 296 g/mol. The van der Waals surface area contributed by atoms with Crippen LogP contribution in [0, 0.1) is 3.57 Å². The summed E-state index contributed by atoms with van der Waals surface area (Å²) in [6.45, 7) is 0. The van der Waals surface area contributed by atoms with Crippen molar-refractivity contribution in [2.45, 2.75) is 0 Å². The molecule has 0 saturated carbocycles. The monoisotopic (exact) mass is 302 g/mol. The summed E-state index contributed by atoms with van der Waals surface area (Å²) < 4.78 is 1.08. The zero-order valence-electron chi connectivity index (χ0n) is 6.54. The Morgan fingerprint density at radius 3 is 2.25 bits per heavy atom. The number of carbonyl (C=O) groups is 1. The zero-order chi connectivity index (χ0) is 8.27. The minimum atomic E-state index is -1.04. The fourth-order valence-electron chi connectivity index (χ4n) is 0.657. The number of hydrogen-bond donors (Lipinski definition) is 2. The maximum atomic E-state index is 10.1. The molecule has 0 radical (unpaired) electrons. The van der Waals surface area contributed by atoms with Gasteiger partial charge < -0.3 is 5.11 Å². The predicted molar refractivity (Wildman–Crippen MR) is 50.8 cm³/mol. The van der Waals surface area contributed by atoms with Crippen molar-refractivity contribution in [3.8, 4) is 0 Å². The minimum absolute atomic E-state index is 0. The molecule has 0 spiro atoms. The van der Waals surface area contributed by atoms with E-state index in [2.05, 4.69) is 27.9 Å². The Kier molecular flexibility index (Phi) is 6.78. The van der Waals surface area contributed by atoms with Gasteiger partial charge in [0.15, 0.2) is 0 Å². The summed E-state index contributed by atoms with van der Waals surface area (Å²) >= 11 is 2.15. The normalized spacial score (nSPS) is 8.42. The largest absolute Gasteiger partial charge is 1.00 e. The fourth-order valence-corrected chi connectivity index (χ4v) is 1.02. The molecule has 0 unspecified atom stereocenters. The average Bonchev–Trinajstić information content (AvgIpc) is 1.93. The van der Waals surface area contributed by atoms with E-state index in [9.17, 15) is 4.79 Å². The zero-order valence-corrected chi connectivity index (χ0v) is 11.8. The van der Waals surface area contributed by atoms with Crippen molar-refractivity contribution in [1.29, 1.82) is 0 Å². The molecule has 0 heterocycles. The molecule has 0 aliphatic rings. The molecule has 3 nitrogen and oxygen atoms in total. The molecule has 58 valence electrons. The van der Waals surface area contributed by atoms with Gasteiger partial charge >= 0.3 is 57.5 Å². The number of halogens is 1. The Balaban J connectivity index is 0.00000121. The third-order valence-electron chi connectivity index (χ3n) is 1.10. The van der Waals surface area contributed by atoms with Gasteiger partial charge in [-0.1, -0.05) is 0 Å². The van der Waals surface area contributed by atoms with Crippen LogP contribution in [0.15, 0.2) is 24.3 Å². The van der Waals surface area contributed by atoms with Crippen LogP contribution in [0.2, 0.25) is 0 Å². The van der Waals surface area contributed by atoms with Gasteiger partial charge in [0.25, 0.3) is 0 Å². The molecule has 0 fully saturated rings. The smallest absolute Gasteiger partial charge is 0.465 e. The molecular formula is C7H6IKNO2+. The van der Waals surface area contributed by atoms with E-state index in [1.54, 1.807) is 12.1 Å². The van der Waals surface area contributed by atoms with Crippen LogP contribution in [0.4, 0.5) is 10.5 Å². The second-order valence-electron chi connectivity index (χ2n) is 1.94. The molecule has 2 N–H and O–H groups in total. The Labute approximate surface area is 126 Å².